The summed E-state index contributed by atoms with van der Waals surface area (Å²) >= 11 is 0. The van der Waals surface area contributed by atoms with E-state index in [0.29, 0.717) is 6.61 Å². The number of aliphatic carboxylic acids is 1. The van der Waals surface area contributed by atoms with E-state index in [1.165, 1.54) is 13.8 Å². The standard InChI is InChI=1S/C10H18O4/c1-7(2)6-14-8(11)5-10(3,4)9(12)13/h7H,5-6H2,1-4H3,(H,12,13). The number of ether oxygens (including phenoxy) is 1. The molecule has 0 radical (unpaired) electrons. The van der Waals surface area contributed by atoms with Crippen molar-refractivity contribution >= 4 is 11.9 Å². The average molecular weight is 202 g/mol. The van der Waals surface area contributed by atoms with Crippen molar-refractivity contribution in [3.8, 4) is 0 Å². The molecule has 0 aliphatic carbocycles. The van der Waals surface area contributed by atoms with Gasteiger partial charge in [0.2, 0.25) is 0 Å². The van der Waals surface area contributed by atoms with Gasteiger partial charge in [-0.05, 0) is 19.8 Å². The lowest BCUT2D eigenvalue weighted by atomic mass is 9.90. The lowest BCUT2D eigenvalue weighted by Crippen LogP contribution is -2.28. The first-order chi connectivity index (χ1) is 6.25. The van der Waals surface area contributed by atoms with Crippen LogP contribution < -0.4 is 0 Å². The predicted molar refractivity (Wildman–Crippen MR) is 51.8 cm³/mol. The third-order valence-corrected chi connectivity index (χ3v) is 1.74. The van der Waals surface area contributed by atoms with Crippen LogP contribution in [0.25, 0.3) is 0 Å². The van der Waals surface area contributed by atoms with E-state index in [-0.39, 0.29) is 12.3 Å². The number of carboxylic acids is 1. The molecule has 0 aliphatic heterocycles. The molecule has 0 aromatic carbocycles. The number of hydrogen-bond acceptors (Lipinski definition) is 3. The van der Waals surface area contributed by atoms with Gasteiger partial charge in [-0.3, -0.25) is 9.59 Å². The molecule has 0 fully saturated rings. The third kappa shape index (κ3) is 4.84. The highest BCUT2D eigenvalue weighted by molar-refractivity contribution is 5.81. The zero-order valence-corrected chi connectivity index (χ0v) is 9.16. The highest BCUT2D eigenvalue weighted by atomic mass is 16.5. The van der Waals surface area contributed by atoms with Crippen LogP contribution >= 0.6 is 0 Å². The van der Waals surface area contributed by atoms with Gasteiger partial charge < -0.3 is 9.84 Å². The van der Waals surface area contributed by atoms with Crippen LogP contribution in [0.1, 0.15) is 34.1 Å². The lowest BCUT2D eigenvalue weighted by molar-refractivity contribution is -0.156. The first kappa shape index (κ1) is 12.9. The summed E-state index contributed by atoms with van der Waals surface area (Å²) in [6.45, 7) is 7.21. The Kier molecular flexibility index (Phi) is 4.60. The minimum atomic E-state index is -1.05. The van der Waals surface area contributed by atoms with Gasteiger partial charge in [0.25, 0.3) is 0 Å². The molecule has 0 aliphatic rings. The van der Waals surface area contributed by atoms with E-state index in [9.17, 15) is 9.59 Å². The Labute approximate surface area is 84.3 Å². The molecule has 0 heterocycles. The molecule has 82 valence electrons. The van der Waals surface area contributed by atoms with Gasteiger partial charge >= 0.3 is 11.9 Å². The highest BCUT2D eigenvalue weighted by Gasteiger charge is 2.30. The van der Waals surface area contributed by atoms with Crippen LogP contribution in [-0.4, -0.2) is 23.7 Å². The van der Waals surface area contributed by atoms with E-state index in [2.05, 4.69) is 0 Å². The fourth-order valence-corrected chi connectivity index (χ4v) is 0.747. The first-order valence-electron chi connectivity index (χ1n) is 4.64. The van der Waals surface area contributed by atoms with E-state index < -0.39 is 17.4 Å². The molecule has 14 heavy (non-hydrogen) atoms. The van der Waals surface area contributed by atoms with Crippen LogP contribution in [0.3, 0.4) is 0 Å². The molecule has 0 rings (SSSR count). The minimum Gasteiger partial charge on any atom is -0.481 e. The number of carboxylic acid groups (broad SMARTS) is 1. The van der Waals surface area contributed by atoms with Crippen molar-refractivity contribution in [2.75, 3.05) is 6.61 Å². The van der Waals surface area contributed by atoms with Gasteiger partial charge in [-0.25, -0.2) is 0 Å². The first-order valence-corrected chi connectivity index (χ1v) is 4.64. The smallest absolute Gasteiger partial charge is 0.309 e. The van der Waals surface area contributed by atoms with Crippen molar-refractivity contribution < 1.29 is 19.4 Å². The topological polar surface area (TPSA) is 63.6 Å². The maximum absolute atomic E-state index is 11.2. The van der Waals surface area contributed by atoms with Gasteiger partial charge in [0.05, 0.1) is 18.4 Å². The number of esters is 1. The second kappa shape index (κ2) is 4.98. The molecule has 0 atom stereocenters. The fourth-order valence-electron chi connectivity index (χ4n) is 0.747. The van der Waals surface area contributed by atoms with Crippen LogP contribution in [-0.2, 0) is 14.3 Å². The van der Waals surface area contributed by atoms with E-state index in [1.807, 2.05) is 13.8 Å². The Morgan fingerprint density at radius 3 is 2.21 bits per heavy atom. The number of hydrogen-bond donors (Lipinski definition) is 1. The molecular formula is C10H18O4. The van der Waals surface area contributed by atoms with Gasteiger partial charge in [0.15, 0.2) is 0 Å². The van der Waals surface area contributed by atoms with Crippen LogP contribution in [0.2, 0.25) is 0 Å². The van der Waals surface area contributed by atoms with Crippen molar-refractivity contribution in [2.45, 2.75) is 34.1 Å². The molecule has 4 heteroatoms. The zero-order chi connectivity index (χ0) is 11.4. The Hall–Kier alpha value is -1.06. The van der Waals surface area contributed by atoms with E-state index in [1.54, 1.807) is 0 Å². The summed E-state index contributed by atoms with van der Waals surface area (Å²) in [4.78, 5) is 21.9. The number of carbonyl (C=O) groups is 2. The predicted octanol–water partition coefficient (Wildman–Crippen LogP) is 1.69. The molecule has 0 aromatic heterocycles. The molecule has 0 bridgehead atoms. The average Bonchev–Trinajstić information content (AvgIpc) is 1.99. The molecule has 0 amide bonds. The molecular weight excluding hydrogens is 184 g/mol. The summed E-state index contributed by atoms with van der Waals surface area (Å²) in [7, 11) is 0. The van der Waals surface area contributed by atoms with Gasteiger partial charge in [0, 0.05) is 0 Å². The van der Waals surface area contributed by atoms with Crippen LogP contribution in [0.5, 0.6) is 0 Å². The maximum Gasteiger partial charge on any atom is 0.309 e. The van der Waals surface area contributed by atoms with Crippen LogP contribution in [0, 0.1) is 11.3 Å². The molecule has 0 aromatic rings. The summed E-state index contributed by atoms with van der Waals surface area (Å²) in [5.74, 6) is -1.17. The fraction of sp³-hybridized carbons (Fsp3) is 0.800. The third-order valence-electron chi connectivity index (χ3n) is 1.74. The normalized spacial score (nSPS) is 11.5. The minimum absolute atomic E-state index is 0.0882. The van der Waals surface area contributed by atoms with Crippen molar-refractivity contribution in [3.05, 3.63) is 0 Å². The number of carbonyl (C=O) groups excluding carboxylic acids is 1. The largest absolute Gasteiger partial charge is 0.481 e. The van der Waals surface area contributed by atoms with Crippen LogP contribution in [0.15, 0.2) is 0 Å². The Balaban J connectivity index is 4.00. The maximum atomic E-state index is 11.2. The van der Waals surface area contributed by atoms with Crippen molar-refractivity contribution in [2.24, 2.45) is 11.3 Å². The van der Waals surface area contributed by atoms with Gasteiger partial charge in [0.1, 0.15) is 0 Å². The summed E-state index contributed by atoms with van der Waals surface area (Å²) in [6, 6.07) is 0. The zero-order valence-electron chi connectivity index (χ0n) is 9.16. The summed E-state index contributed by atoms with van der Waals surface area (Å²) < 4.78 is 4.89. The van der Waals surface area contributed by atoms with Crippen LogP contribution in [0.4, 0.5) is 0 Å². The molecule has 4 nitrogen and oxygen atoms in total. The molecule has 0 unspecified atom stereocenters. The van der Waals surface area contributed by atoms with E-state index >= 15 is 0 Å². The summed E-state index contributed by atoms with van der Waals surface area (Å²) in [5, 5.41) is 8.76. The quantitative estimate of drug-likeness (QED) is 0.689. The SMILES string of the molecule is CC(C)COC(=O)CC(C)(C)C(=O)O. The second-order valence-electron chi connectivity index (χ2n) is 4.44. The van der Waals surface area contributed by atoms with E-state index in [0.717, 1.165) is 0 Å². The summed E-state index contributed by atoms with van der Waals surface area (Å²) in [5.41, 5.74) is -1.05. The van der Waals surface area contributed by atoms with Crippen molar-refractivity contribution in [1.82, 2.24) is 0 Å². The van der Waals surface area contributed by atoms with Crippen molar-refractivity contribution in [1.29, 1.82) is 0 Å². The van der Waals surface area contributed by atoms with Gasteiger partial charge in [-0.15, -0.1) is 0 Å². The molecule has 0 saturated carbocycles. The molecule has 0 spiro atoms. The number of rotatable bonds is 5. The monoisotopic (exact) mass is 202 g/mol. The molecule has 0 saturated heterocycles. The Bertz CT molecular complexity index is 218. The van der Waals surface area contributed by atoms with Gasteiger partial charge in [-0.1, -0.05) is 13.8 Å². The Morgan fingerprint density at radius 2 is 1.86 bits per heavy atom. The van der Waals surface area contributed by atoms with Crippen molar-refractivity contribution in [3.63, 3.8) is 0 Å². The highest BCUT2D eigenvalue weighted by Crippen LogP contribution is 2.20. The summed E-state index contributed by atoms with van der Waals surface area (Å²) in [6.07, 6.45) is -0.0882. The second-order valence-corrected chi connectivity index (χ2v) is 4.44. The lowest BCUT2D eigenvalue weighted by Gasteiger charge is -2.18. The van der Waals surface area contributed by atoms with E-state index in [4.69, 9.17) is 9.84 Å². The molecule has 1 N–H and O–H groups in total. The van der Waals surface area contributed by atoms with Gasteiger partial charge in [-0.2, -0.15) is 0 Å². The Morgan fingerprint density at radius 1 is 1.36 bits per heavy atom.